The monoisotopic (exact) mass is 1240 g/mol. The number of aliphatic hydroxyl groups is 17. The molecule has 5 saturated carbocycles. The topological polar surface area (TPSA) is 445 Å². The van der Waals surface area contributed by atoms with Crippen molar-refractivity contribution in [2.45, 2.75) is 278 Å². The Morgan fingerprint density at radius 1 is 0.430 bits per heavy atom. The first-order valence-corrected chi connectivity index (χ1v) is 30.8. The quantitative estimate of drug-likeness (QED) is 0.0768. The van der Waals surface area contributed by atoms with Crippen LogP contribution in [0.4, 0.5) is 0 Å². The van der Waals surface area contributed by atoms with Crippen molar-refractivity contribution in [2.75, 3.05) is 33.0 Å². The Bertz CT molecular complexity index is 2360. The average molecular weight is 1240 g/mol. The van der Waals surface area contributed by atoms with Gasteiger partial charge in [-0.05, 0) is 91.3 Å². The third kappa shape index (κ3) is 10.1. The summed E-state index contributed by atoms with van der Waals surface area (Å²) < 4.78 is 68.0. The van der Waals surface area contributed by atoms with E-state index >= 15 is 0 Å². The van der Waals surface area contributed by atoms with Gasteiger partial charge in [0.05, 0.1) is 62.4 Å². The summed E-state index contributed by atoms with van der Waals surface area (Å²) in [5.74, 6) is -0.133. The highest BCUT2D eigenvalue weighted by Crippen LogP contribution is 2.81. The Hall–Kier alpha value is -1.12. The standard InChI is InChI=1S/C58H96O28/c1-52(2)14-29-57-13-9-28-54(5)11-10-32(53(3,4)27(54)8-12-55(28,6)56(57,7)16-31(64)58(29,30(63)15-52)51(75)86-57)82-49-44(85-48-41(73)38(70)35(67)24(18-60)79-48)36(68)26(21-77-49)81-50-45(84-46-39(71)33(65)22(62)20-76-46)42(74)43(25(19-61)80-50)83-47-40(72)37(69)34(66)23(17-59)78-47/h22-51,59-75H,8-21H2,1-7H3/t22-,23-,24-,25-,26+,27+,28-,29+,30+,31-,32+,33+,34-,35-,36+,37+,38+,39-,40-,41-,42+,43-,44-,45-,46+,47+,48+,49+,50+,51+,54+,55-,56+,57+,58+/m1/s1. The van der Waals surface area contributed by atoms with Crippen molar-refractivity contribution in [3.8, 4) is 0 Å². The molecule has 86 heavy (non-hydrogen) atoms. The molecular formula is C58H96O28. The molecule has 11 fully saturated rings. The minimum Gasteiger partial charge on any atom is -0.394 e. The van der Waals surface area contributed by atoms with Crippen molar-refractivity contribution >= 4 is 0 Å². The number of hydrogen-bond acceptors (Lipinski definition) is 28. The molecule has 6 heterocycles. The predicted molar refractivity (Wildman–Crippen MR) is 285 cm³/mol. The predicted octanol–water partition coefficient (Wildman–Crippen LogP) is -4.96. The van der Waals surface area contributed by atoms with Crippen LogP contribution in [0.5, 0.6) is 0 Å². The number of ether oxygens (including phenoxy) is 11. The summed E-state index contributed by atoms with van der Waals surface area (Å²) in [6.45, 7) is 11.7. The molecule has 0 aromatic rings. The maximum atomic E-state index is 12.6. The molecule has 35 atom stereocenters. The fourth-order valence-electron chi connectivity index (χ4n) is 19.2. The molecule has 17 N–H and O–H groups in total. The highest BCUT2D eigenvalue weighted by Gasteiger charge is 2.84. The zero-order chi connectivity index (χ0) is 62.5. The summed E-state index contributed by atoms with van der Waals surface area (Å²) in [4.78, 5) is 0. The fraction of sp³-hybridized carbons (Fsp3) is 1.00. The minimum absolute atomic E-state index is 0.0212. The summed E-state index contributed by atoms with van der Waals surface area (Å²) in [5.41, 5.74) is -4.15. The zero-order valence-corrected chi connectivity index (χ0v) is 49.8. The normalized spacial score (nSPS) is 57.8. The Labute approximate surface area is 498 Å². The number of aliphatic hydroxyl groups excluding tert-OH is 17. The van der Waals surface area contributed by atoms with Gasteiger partial charge < -0.3 is 139 Å². The Balaban J connectivity index is 0.857. The lowest BCUT2D eigenvalue weighted by Gasteiger charge is -2.75. The first-order chi connectivity index (χ1) is 40.3. The minimum atomic E-state index is -2.05. The van der Waals surface area contributed by atoms with Crippen molar-refractivity contribution in [1.29, 1.82) is 0 Å². The first kappa shape index (κ1) is 66.3. The van der Waals surface area contributed by atoms with E-state index in [1.165, 1.54) is 0 Å². The molecule has 1 spiro atoms. The van der Waals surface area contributed by atoms with Gasteiger partial charge in [0, 0.05) is 11.3 Å². The van der Waals surface area contributed by atoms with Crippen LogP contribution in [0.15, 0.2) is 0 Å². The maximum absolute atomic E-state index is 12.6. The molecule has 0 unspecified atom stereocenters. The van der Waals surface area contributed by atoms with Gasteiger partial charge in [0.1, 0.15) is 110 Å². The SMILES string of the molecule is CC1(C)C[C@@H]2[C@@]3([C@H](O)C[C@]4(C)[C@@]2(CC[C@@H]2[C@@]5(C)CC[C@H](O[C@@H]6OC[C@H](O[C@@H]7O[C@H](CO)[C@@H](O[C@@H]8O[C@H](CO)[C@@H](O)[C@H](O)[C@H]8O)[C@H](O)[C@H]7O[C@@H]7OC[C@@H](O)[C@H](O)[C@H]7O)[C@H](O)[C@H]6O[C@@H]6O[C@H](CO)[C@@H](O)[C@H](O)[C@H]6O)C(C)(C)[C@@H]5CC[C@]24C)O[C@@H]3O)[C@@H](O)C1. The van der Waals surface area contributed by atoms with Gasteiger partial charge >= 0.3 is 0 Å². The van der Waals surface area contributed by atoms with Crippen molar-refractivity contribution in [1.82, 2.24) is 0 Å². The van der Waals surface area contributed by atoms with E-state index in [1.54, 1.807) is 0 Å². The second-order valence-electron chi connectivity index (χ2n) is 29.2. The summed E-state index contributed by atoms with van der Waals surface area (Å²) in [5, 5.41) is 188. The maximum Gasteiger partial charge on any atom is 0.187 e. The van der Waals surface area contributed by atoms with Gasteiger partial charge in [0.2, 0.25) is 0 Å². The second-order valence-corrected chi connectivity index (χ2v) is 29.2. The lowest BCUT2D eigenvalue weighted by Crippen LogP contribution is -2.75. The lowest BCUT2D eigenvalue weighted by atomic mass is 9.30. The largest absolute Gasteiger partial charge is 0.394 e. The Morgan fingerprint density at radius 3 is 1.58 bits per heavy atom. The molecule has 11 aliphatic rings. The van der Waals surface area contributed by atoms with Crippen LogP contribution in [0.25, 0.3) is 0 Å². The van der Waals surface area contributed by atoms with Crippen molar-refractivity contribution in [2.24, 2.45) is 50.2 Å². The average Bonchev–Trinajstić information content (AvgIpc) is 1.33. The Morgan fingerprint density at radius 2 is 0.965 bits per heavy atom. The van der Waals surface area contributed by atoms with Crippen LogP contribution in [-0.4, -0.2) is 291 Å². The Kier molecular flexibility index (Phi) is 18.3. The molecule has 0 aromatic carbocycles. The molecule has 6 aliphatic heterocycles. The van der Waals surface area contributed by atoms with Gasteiger partial charge in [-0.3, -0.25) is 0 Å². The van der Waals surface area contributed by atoms with Gasteiger partial charge in [0.25, 0.3) is 0 Å². The summed E-state index contributed by atoms with van der Waals surface area (Å²) in [6.07, 6.45) is -39.5. The third-order valence-corrected chi connectivity index (χ3v) is 24.0. The molecule has 0 radical (unpaired) electrons. The molecule has 28 nitrogen and oxygen atoms in total. The van der Waals surface area contributed by atoms with Gasteiger partial charge in [-0.25, -0.2) is 0 Å². The highest BCUT2D eigenvalue weighted by molar-refractivity contribution is 5.30. The van der Waals surface area contributed by atoms with Crippen LogP contribution in [-0.2, 0) is 52.1 Å². The number of hydrogen-bond donors (Lipinski definition) is 17. The van der Waals surface area contributed by atoms with E-state index in [-0.39, 0.29) is 34.0 Å². The summed E-state index contributed by atoms with van der Waals surface area (Å²) >= 11 is 0. The summed E-state index contributed by atoms with van der Waals surface area (Å²) in [6, 6.07) is 0. The van der Waals surface area contributed by atoms with E-state index in [0.29, 0.717) is 38.5 Å². The van der Waals surface area contributed by atoms with Crippen molar-refractivity contribution in [3.63, 3.8) is 0 Å². The number of fused-ring (bicyclic) bond motifs is 4. The molecule has 2 bridgehead atoms. The molecule has 496 valence electrons. The third-order valence-electron chi connectivity index (χ3n) is 24.0. The van der Waals surface area contributed by atoms with E-state index in [1.807, 2.05) is 0 Å². The van der Waals surface area contributed by atoms with Gasteiger partial charge in [0.15, 0.2) is 37.7 Å². The van der Waals surface area contributed by atoms with Gasteiger partial charge in [-0.2, -0.15) is 0 Å². The molecule has 11 rings (SSSR count). The molecular weight excluding hydrogens is 1140 g/mol. The van der Waals surface area contributed by atoms with Crippen molar-refractivity contribution in [3.05, 3.63) is 0 Å². The van der Waals surface area contributed by atoms with Gasteiger partial charge in [-0.1, -0.05) is 48.5 Å². The van der Waals surface area contributed by atoms with E-state index < -0.39 is 221 Å². The smallest absolute Gasteiger partial charge is 0.187 e. The lowest BCUT2D eigenvalue weighted by molar-refractivity contribution is -0.402. The second kappa shape index (κ2) is 23.7. The molecule has 0 aromatic heterocycles. The van der Waals surface area contributed by atoms with E-state index in [9.17, 15) is 86.8 Å². The van der Waals surface area contributed by atoms with Gasteiger partial charge in [-0.15, -0.1) is 0 Å². The van der Waals surface area contributed by atoms with Crippen LogP contribution in [0.1, 0.15) is 106 Å². The zero-order valence-electron chi connectivity index (χ0n) is 49.8. The van der Waals surface area contributed by atoms with E-state index in [0.717, 1.165) is 19.3 Å². The fourth-order valence-corrected chi connectivity index (χ4v) is 19.2. The van der Waals surface area contributed by atoms with E-state index in [4.69, 9.17) is 52.1 Å². The number of rotatable bonds is 13. The van der Waals surface area contributed by atoms with Crippen LogP contribution < -0.4 is 0 Å². The molecule has 5 aliphatic carbocycles. The first-order valence-electron chi connectivity index (χ1n) is 30.8. The van der Waals surface area contributed by atoms with Crippen LogP contribution in [0.3, 0.4) is 0 Å². The molecule has 6 saturated heterocycles. The molecule has 28 heteroatoms. The highest BCUT2D eigenvalue weighted by atomic mass is 16.8. The summed E-state index contributed by atoms with van der Waals surface area (Å²) in [7, 11) is 0. The van der Waals surface area contributed by atoms with Crippen LogP contribution in [0.2, 0.25) is 0 Å². The van der Waals surface area contributed by atoms with Crippen LogP contribution >= 0.6 is 0 Å². The molecule has 0 amide bonds. The van der Waals surface area contributed by atoms with Crippen molar-refractivity contribution < 1.29 is 139 Å². The van der Waals surface area contributed by atoms with Crippen LogP contribution in [0, 0.1) is 50.2 Å². The van der Waals surface area contributed by atoms with E-state index in [2.05, 4.69) is 48.5 Å².